The SMILES string of the molecule is C=CCOCC1CCC(C2CCC(CCCF)CC2)CC1. The molecule has 2 aliphatic carbocycles. The van der Waals surface area contributed by atoms with E-state index in [1.54, 1.807) is 0 Å². The Bertz CT molecular complexity index is 275. The van der Waals surface area contributed by atoms with Gasteiger partial charge in [0.2, 0.25) is 0 Å². The van der Waals surface area contributed by atoms with Crippen LogP contribution in [0.25, 0.3) is 0 Å². The van der Waals surface area contributed by atoms with Crippen molar-refractivity contribution in [3.63, 3.8) is 0 Å². The Kier molecular flexibility index (Phi) is 7.77. The minimum absolute atomic E-state index is 0.127. The van der Waals surface area contributed by atoms with Gasteiger partial charge in [-0.2, -0.15) is 0 Å². The highest BCUT2D eigenvalue weighted by molar-refractivity contribution is 4.82. The van der Waals surface area contributed by atoms with E-state index in [0.717, 1.165) is 43.1 Å². The standard InChI is InChI=1S/C19H33FO/c1-2-14-21-15-17-7-11-19(12-8-17)18-9-5-16(6-10-18)4-3-13-20/h2,16-19H,1,3-15H2. The number of hydrogen-bond acceptors (Lipinski definition) is 1. The molecule has 122 valence electrons. The third-order valence-corrected chi connectivity index (χ3v) is 5.78. The molecular formula is C19H33FO. The van der Waals surface area contributed by atoms with Gasteiger partial charge in [0.15, 0.2) is 0 Å². The molecule has 0 N–H and O–H groups in total. The van der Waals surface area contributed by atoms with Gasteiger partial charge < -0.3 is 4.74 Å². The topological polar surface area (TPSA) is 9.23 Å². The van der Waals surface area contributed by atoms with Crippen molar-refractivity contribution in [3.05, 3.63) is 12.7 Å². The van der Waals surface area contributed by atoms with Crippen molar-refractivity contribution in [2.24, 2.45) is 23.7 Å². The highest BCUT2D eigenvalue weighted by atomic mass is 19.1. The maximum Gasteiger partial charge on any atom is 0.0894 e. The molecular weight excluding hydrogens is 263 g/mol. The van der Waals surface area contributed by atoms with Gasteiger partial charge in [-0.3, -0.25) is 4.39 Å². The first kappa shape index (κ1) is 17.0. The molecule has 0 aromatic carbocycles. The number of alkyl halides is 1. The number of ether oxygens (including phenoxy) is 1. The summed E-state index contributed by atoms with van der Waals surface area (Å²) in [6.07, 6.45) is 14.8. The third-order valence-electron chi connectivity index (χ3n) is 5.78. The fraction of sp³-hybridized carbons (Fsp3) is 0.895. The Morgan fingerprint density at radius 3 is 2.00 bits per heavy atom. The predicted octanol–water partition coefficient (Wildman–Crippen LogP) is 5.55. The van der Waals surface area contributed by atoms with E-state index in [1.807, 2.05) is 6.08 Å². The fourth-order valence-electron chi connectivity index (χ4n) is 4.46. The molecule has 0 aliphatic heterocycles. The minimum Gasteiger partial charge on any atom is -0.377 e. The summed E-state index contributed by atoms with van der Waals surface area (Å²) in [5, 5.41) is 0. The van der Waals surface area contributed by atoms with E-state index in [9.17, 15) is 4.39 Å². The molecule has 2 aliphatic rings. The van der Waals surface area contributed by atoms with Gasteiger partial charge in [-0.05, 0) is 75.0 Å². The molecule has 2 saturated carbocycles. The fourth-order valence-corrected chi connectivity index (χ4v) is 4.46. The summed E-state index contributed by atoms with van der Waals surface area (Å²) < 4.78 is 17.9. The normalized spacial score (nSPS) is 33.8. The highest BCUT2D eigenvalue weighted by Gasteiger charge is 2.30. The Morgan fingerprint density at radius 2 is 1.48 bits per heavy atom. The molecule has 2 heteroatoms. The van der Waals surface area contributed by atoms with Crippen LogP contribution in [0, 0.1) is 23.7 Å². The zero-order chi connectivity index (χ0) is 14.9. The second-order valence-electron chi connectivity index (χ2n) is 7.22. The van der Waals surface area contributed by atoms with Crippen LogP contribution in [0.5, 0.6) is 0 Å². The van der Waals surface area contributed by atoms with Crippen LogP contribution < -0.4 is 0 Å². The Balaban J connectivity index is 1.61. The molecule has 0 aromatic rings. The second-order valence-corrected chi connectivity index (χ2v) is 7.22. The van der Waals surface area contributed by atoms with Crippen molar-refractivity contribution in [2.45, 2.75) is 64.2 Å². The zero-order valence-electron chi connectivity index (χ0n) is 13.6. The van der Waals surface area contributed by atoms with Gasteiger partial charge in [0.05, 0.1) is 13.3 Å². The van der Waals surface area contributed by atoms with Gasteiger partial charge in [-0.1, -0.05) is 18.9 Å². The van der Waals surface area contributed by atoms with Crippen molar-refractivity contribution in [3.8, 4) is 0 Å². The van der Waals surface area contributed by atoms with Crippen molar-refractivity contribution < 1.29 is 9.13 Å². The third kappa shape index (κ3) is 5.73. The average Bonchev–Trinajstić information content (AvgIpc) is 2.54. The van der Waals surface area contributed by atoms with E-state index in [-0.39, 0.29) is 6.67 Å². The van der Waals surface area contributed by atoms with Gasteiger partial charge in [-0.15, -0.1) is 6.58 Å². The first-order valence-corrected chi connectivity index (χ1v) is 9.08. The van der Waals surface area contributed by atoms with Crippen LogP contribution >= 0.6 is 0 Å². The minimum atomic E-state index is -0.127. The summed E-state index contributed by atoms with van der Waals surface area (Å²) >= 11 is 0. The molecule has 0 amide bonds. The van der Waals surface area contributed by atoms with E-state index < -0.39 is 0 Å². The molecule has 1 nitrogen and oxygen atoms in total. The van der Waals surface area contributed by atoms with Gasteiger partial charge in [-0.25, -0.2) is 0 Å². The quantitative estimate of drug-likeness (QED) is 0.421. The maximum absolute atomic E-state index is 12.2. The zero-order valence-corrected chi connectivity index (χ0v) is 13.6. The van der Waals surface area contributed by atoms with Gasteiger partial charge in [0.25, 0.3) is 0 Å². The lowest BCUT2D eigenvalue weighted by Gasteiger charge is -2.37. The average molecular weight is 296 g/mol. The monoisotopic (exact) mass is 296 g/mol. The molecule has 0 radical (unpaired) electrons. The van der Waals surface area contributed by atoms with E-state index in [0.29, 0.717) is 6.61 Å². The summed E-state index contributed by atoms with van der Waals surface area (Å²) in [5.41, 5.74) is 0. The Labute approximate surface area is 130 Å². The lowest BCUT2D eigenvalue weighted by Crippen LogP contribution is -2.27. The lowest BCUT2D eigenvalue weighted by molar-refractivity contribution is 0.0779. The molecule has 0 unspecified atom stereocenters. The number of hydrogen-bond donors (Lipinski definition) is 0. The first-order chi connectivity index (χ1) is 10.3. The van der Waals surface area contributed by atoms with Crippen molar-refractivity contribution >= 4 is 0 Å². The maximum atomic E-state index is 12.2. The highest BCUT2D eigenvalue weighted by Crippen LogP contribution is 2.42. The van der Waals surface area contributed by atoms with Crippen LogP contribution in [0.4, 0.5) is 4.39 Å². The largest absolute Gasteiger partial charge is 0.377 e. The molecule has 0 bridgehead atoms. The molecule has 2 fully saturated rings. The van der Waals surface area contributed by atoms with Gasteiger partial charge in [0, 0.05) is 6.61 Å². The molecule has 0 aromatic heterocycles. The Hall–Kier alpha value is -0.370. The van der Waals surface area contributed by atoms with E-state index in [4.69, 9.17) is 4.74 Å². The van der Waals surface area contributed by atoms with Crippen LogP contribution in [-0.2, 0) is 4.74 Å². The molecule has 0 atom stereocenters. The van der Waals surface area contributed by atoms with E-state index >= 15 is 0 Å². The summed E-state index contributed by atoms with van der Waals surface area (Å²) in [7, 11) is 0. The second kappa shape index (κ2) is 9.61. The van der Waals surface area contributed by atoms with Crippen LogP contribution in [0.1, 0.15) is 64.2 Å². The summed E-state index contributed by atoms with van der Waals surface area (Å²) in [4.78, 5) is 0. The molecule has 21 heavy (non-hydrogen) atoms. The number of halogens is 1. The van der Waals surface area contributed by atoms with E-state index in [1.165, 1.54) is 51.4 Å². The smallest absolute Gasteiger partial charge is 0.0894 e. The summed E-state index contributed by atoms with van der Waals surface area (Å²) in [6, 6.07) is 0. The molecule has 0 saturated heterocycles. The van der Waals surface area contributed by atoms with E-state index in [2.05, 4.69) is 6.58 Å². The molecule has 0 heterocycles. The number of rotatable bonds is 8. The first-order valence-electron chi connectivity index (χ1n) is 9.08. The molecule has 2 rings (SSSR count). The van der Waals surface area contributed by atoms with Crippen LogP contribution in [0.15, 0.2) is 12.7 Å². The lowest BCUT2D eigenvalue weighted by atomic mass is 9.69. The van der Waals surface area contributed by atoms with Crippen molar-refractivity contribution in [1.29, 1.82) is 0 Å². The van der Waals surface area contributed by atoms with Crippen LogP contribution in [-0.4, -0.2) is 19.9 Å². The van der Waals surface area contributed by atoms with Gasteiger partial charge in [0.1, 0.15) is 0 Å². The summed E-state index contributed by atoms with van der Waals surface area (Å²) in [5.74, 6) is 3.52. The van der Waals surface area contributed by atoms with Gasteiger partial charge >= 0.3 is 0 Å². The van der Waals surface area contributed by atoms with Crippen LogP contribution in [0.2, 0.25) is 0 Å². The Morgan fingerprint density at radius 1 is 0.905 bits per heavy atom. The van der Waals surface area contributed by atoms with Crippen LogP contribution in [0.3, 0.4) is 0 Å². The van der Waals surface area contributed by atoms with Crippen molar-refractivity contribution in [2.75, 3.05) is 19.9 Å². The predicted molar refractivity (Wildman–Crippen MR) is 87.1 cm³/mol. The molecule has 0 spiro atoms. The van der Waals surface area contributed by atoms with Crippen molar-refractivity contribution in [1.82, 2.24) is 0 Å². The summed E-state index contributed by atoms with van der Waals surface area (Å²) in [6.45, 7) is 5.19.